The first-order valence-corrected chi connectivity index (χ1v) is 7.06. The van der Waals surface area contributed by atoms with Gasteiger partial charge in [-0.05, 0) is 44.2 Å². The third kappa shape index (κ3) is 2.13. The maximum absolute atomic E-state index is 13.6. The quantitative estimate of drug-likeness (QED) is 0.840. The van der Waals surface area contributed by atoms with Gasteiger partial charge in [0.05, 0.1) is 0 Å². The van der Waals surface area contributed by atoms with Gasteiger partial charge in [0.25, 0.3) is 0 Å². The molecule has 1 heterocycles. The van der Waals surface area contributed by atoms with Crippen molar-refractivity contribution >= 4 is 18.2 Å². The molecule has 0 aliphatic heterocycles. The van der Waals surface area contributed by atoms with Gasteiger partial charge in [0.1, 0.15) is 16.7 Å². The van der Waals surface area contributed by atoms with Crippen molar-refractivity contribution in [3.8, 4) is 0 Å². The minimum Gasteiger partial charge on any atom is -0.456 e. The molecular weight excluding hydrogens is 253 g/mol. The van der Waals surface area contributed by atoms with Crippen molar-refractivity contribution in [1.82, 2.24) is 4.90 Å². The molecule has 0 bridgehead atoms. The van der Waals surface area contributed by atoms with Crippen LogP contribution in [0.15, 0.2) is 34.2 Å². The number of hydrogen-bond acceptors (Lipinski definition) is 2. The summed E-state index contributed by atoms with van der Waals surface area (Å²) in [4.78, 5) is 2.32. The molecule has 0 unspecified atom stereocenters. The predicted molar refractivity (Wildman–Crippen MR) is 79.8 cm³/mol. The molecule has 20 heavy (non-hydrogen) atoms. The number of nitrogens with zero attached hydrogens (tertiary/aromatic N) is 1. The average molecular weight is 271 g/mol. The van der Waals surface area contributed by atoms with E-state index in [0.717, 1.165) is 41.5 Å². The van der Waals surface area contributed by atoms with Crippen molar-refractivity contribution < 1.29 is 8.81 Å². The van der Waals surface area contributed by atoms with Gasteiger partial charge in [-0.25, -0.2) is 4.39 Å². The molecule has 0 N–H and O–H groups in total. The van der Waals surface area contributed by atoms with Crippen molar-refractivity contribution in [3.05, 3.63) is 51.7 Å². The number of likely N-dealkylation sites (N-methyl/N-ethyl adjacent to an activating group) is 1. The van der Waals surface area contributed by atoms with Gasteiger partial charge in [-0.1, -0.05) is 6.08 Å². The van der Waals surface area contributed by atoms with Gasteiger partial charge >= 0.3 is 0 Å². The summed E-state index contributed by atoms with van der Waals surface area (Å²) in [6.45, 7) is 6.24. The summed E-state index contributed by atoms with van der Waals surface area (Å²) < 4.78 is 19.5. The van der Waals surface area contributed by atoms with E-state index in [1.807, 2.05) is 12.2 Å². The zero-order chi connectivity index (χ0) is 14.1. The molecule has 1 aromatic heterocycles. The fraction of sp³-hybridized carbons (Fsp3) is 0.294. The van der Waals surface area contributed by atoms with Crippen LogP contribution in [0.2, 0.25) is 0 Å². The normalized spacial score (nSPS) is 16.1. The van der Waals surface area contributed by atoms with Crippen LogP contribution in [0, 0.1) is 0 Å². The third-order valence-corrected chi connectivity index (χ3v) is 3.85. The molecule has 104 valence electrons. The summed E-state index contributed by atoms with van der Waals surface area (Å²) in [7, 11) is 0. The van der Waals surface area contributed by atoms with Crippen molar-refractivity contribution in [3.63, 3.8) is 0 Å². The second-order valence-corrected chi connectivity index (χ2v) is 4.95. The molecule has 3 heteroatoms. The Hall–Kier alpha value is -2.03. The van der Waals surface area contributed by atoms with E-state index in [0.29, 0.717) is 0 Å². The summed E-state index contributed by atoms with van der Waals surface area (Å²) in [6, 6.07) is 0. The third-order valence-electron chi connectivity index (χ3n) is 3.85. The van der Waals surface area contributed by atoms with Crippen LogP contribution < -0.4 is 10.8 Å². The number of hydrogen-bond donors (Lipinski definition) is 0. The Morgan fingerprint density at radius 3 is 2.70 bits per heavy atom. The highest BCUT2D eigenvalue weighted by atomic mass is 19.1. The van der Waals surface area contributed by atoms with Crippen LogP contribution in [-0.2, 0) is 6.42 Å². The van der Waals surface area contributed by atoms with Crippen LogP contribution in [0.25, 0.3) is 18.2 Å². The molecule has 1 aromatic rings. The van der Waals surface area contributed by atoms with E-state index in [1.54, 1.807) is 12.2 Å². The van der Waals surface area contributed by atoms with Gasteiger partial charge in [-0.15, -0.1) is 0 Å². The van der Waals surface area contributed by atoms with Gasteiger partial charge in [-0.2, -0.15) is 0 Å². The van der Waals surface area contributed by atoms with E-state index in [9.17, 15) is 4.39 Å². The fourth-order valence-corrected chi connectivity index (χ4v) is 2.79. The monoisotopic (exact) mass is 271 g/mol. The zero-order valence-corrected chi connectivity index (χ0v) is 11.8. The first-order chi connectivity index (χ1) is 9.72. The Balaban J connectivity index is 2.08. The van der Waals surface area contributed by atoms with Crippen LogP contribution in [0.3, 0.4) is 0 Å². The lowest BCUT2D eigenvalue weighted by Crippen LogP contribution is -2.26. The van der Waals surface area contributed by atoms with Gasteiger partial charge in [0, 0.05) is 36.3 Å². The van der Waals surface area contributed by atoms with Crippen LogP contribution in [0.4, 0.5) is 4.39 Å². The lowest BCUT2D eigenvalue weighted by molar-refractivity contribution is 0.372. The van der Waals surface area contributed by atoms with Gasteiger partial charge in [-0.3, -0.25) is 0 Å². The molecule has 0 amide bonds. The first kappa shape index (κ1) is 13.0. The predicted octanol–water partition coefficient (Wildman–Crippen LogP) is 2.50. The molecule has 2 aliphatic rings. The molecule has 0 fully saturated rings. The van der Waals surface area contributed by atoms with Gasteiger partial charge < -0.3 is 9.32 Å². The SMILES string of the molecule is CCN(CC)C1=CC=c2oc3c(c2C1)C=C(F)C=CC=3. The molecule has 3 rings (SSSR count). The molecule has 2 aliphatic carbocycles. The van der Waals surface area contributed by atoms with Gasteiger partial charge in [0.15, 0.2) is 0 Å². The van der Waals surface area contributed by atoms with E-state index < -0.39 is 0 Å². The smallest absolute Gasteiger partial charge is 0.135 e. The van der Waals surface area contributed by atoms with Gasteiger partial charge in [0.2, 0.25) is 0 Å². The molecule has 0 spiro atoms. The maximum Gasteiger partial charge on any atom is 0.135 e. The van der Waals surface area contributed by atoms with Crippen LogP contribution >= 0.6 is 0 Å². The van der Waals surface area contributed by atoms with E-state index in [4.69, 9.17) is 4.42 Å². The Kier molecular flexibility index (Phi) is 3.35. The number of allylic oxidation sites excluding steroid dienone is 5. The Morgan fingerprint density at radius 2 is 1.95 bits per heavy atom. The minimum absolute atomic E-state index is 0.234. The molecule has 0 saturated heterocycles. The van der Waals surface area contributed by atoms with Crippen LogP contribution in [0.1, 0.15) is 25.0 Å². The minimum atomic E-state index is -0.234. The largest absolute Gasteiger partial charge is 0.456 e. The summed E-state index contributed by atoms with van der Waals surface area (Å²) >= 11 is 0. The second kappa shape index (κ2) is 5.16. The fourth-order valence-electron chi connectivity index (χ4n) is 2.79. The lowest BCUT2D eigenvalue weighted by Gasteiger charge is -2.25. The van der Waals surface area contributed by atoms with Crippen molar-refractivity contribution in [2.24, 2.45) is 0 Å². The highest BCUT2D eigenvalue weighted by molar-refractivity contribution is 5.64. The first-order valence-electron chi connectivity index (χ1n) is 7.06. The van der Waals surface area contributed by atoms with Crippen molar-refractivity contribution in [1.29, 1.82) is 0 Å². The Bertz CT molecular complexity index is 730. The molecule has 0 radical (unpaired) electrons. The average Bonchev–Trinajstić information content (AvgIpc) is 2.67. The van der Waals surface area contributed by atoms with E-state index in [2.05, 4.69) is 24.8 Å². The topological polar surface area (TPSA) is 16.4 Å². The van der Waals surface area contributed by atoms with E-state index in [1.165, 1.54) is 11.8 Å². The highest BCUT2D eigenvalue weighted by Gasteiger charge is 2.18. The standard InChI is InChI=1S/C17H18FNO/c1-3-19(4-2)13-8-9-17-15(11-13)14-10-12(18)6-5-7-16(14)20-17/h5-10H,3-4,11H2,1-2H3. The summed E-state index contributed by atoms with van der Waals surface area (Å²) in [5.74, 6) is -0.234. The summed E-state index contributed by atoms with van der Waals surface area (Å²) in [5, 5.41) is 0. The Labute approximate surface area is 117 Å². The van der Waals surface area contributed by atoms with Crippen molar-refractivity contribution in [2.45, 2.75) is 20.3 Å². The molecule has 0 atom stereocenters. The van der Waals surface area contributed by atoms with Crippen LogP contribution in [0.5, 0.6) is 0 Å². The number of fused-ring (bicyclic) bond motifs is 3. The number of rotatable bonds is 3. The second-order valence-electron chi connectivity index (χ2n) is 4.95. The zero-order valence-electron chi connectivity index (χ0n) is 11.8. The lowest BCUT2D eigenvalue weighted by atomic mass is 10.0. The molecule has 0 saturated carbocycles. The summed E-state index contributed by atoms with van der Waals surface area (Å²) in [5.41, 5.74) is 4.80. The molecule has 0 aromatic carbocycles. The highest BCUT2D eigenvalue weighted by Crippen LogP contribution is 2.19. The maximum atomic E-state index is 13.6. The van der Waals surface area contributed by atoms with Crippen LogP contribution in [-0.4, -0.2) is 18.0 Å². The molecule has 2 nitrogen and oxygen atoms in total. The summed E-state index contributed by atoms with van der Waals surface area (Å²) in [6.07, 6.45) is 11.4. The van der Waals surface area contributed by atoms with Crippen molar-refractivity contribution in [2.75, 3.05) is 13.1 Å². The van der Waals surface area contributed by atoms with E-state index in [-0.39, 0.29) is 5.83 Å². The number of furan rings is 1. The molecular formula is C17H18FNO. The number of halogens is 1. The van der Waals surface area contributed by atoms with E-state index >= 15 is 0 Å². The Morgan fingerprint density at radius 1 is 1.15 bits per heavy atom.